The van der Waals surface area contributed by atoms with Crippen LogP contribution in [0, 0.1) is 6.92 Å². The second-order valence-electron chi connectivity index (χ2n) is 4.88. The van der Waals surface area contributed by atoms with Crippen molar-refractivity contribution in [1.82, 2.24) is 0 Å². The van der Waals surface area contributed by atoms with Gasteiger partial charge in [-0.15, -0.1) is 0 Å². The fraction of sp³-hybridized carbons (Fsp3) is 0.429. The molecule has 1 heterocycles. The zero-order valence-corrected chi connectivity index (χ0v) is 9.62. The Bertz CT molecular complexity index is 445. The van der Waals surface area contributed by atoms with E-state index in [0.717, 1.165) is 0 Å². The maximum absolute atomic E-state index is 2.43. The van der Waals surface area contributed by atoms with Crippen molar-refractivity contribution in [3.05, 3.63) is 34.9 Å². The molecule has 0 N–H and O–H groups in total. The van der Waals surface area contributed by atoms with Crippen molar-refractivity contribution in [3.63, 3.8) is 0 Å². The first-order valence-corrected chi connectivity index (χ1v) is 5.72. The number of benzene rings is 1. The predicted molar refractivity (Wildman–Crippen MR) is 65.4 cm³/mol. The molecule has 0 spiro atoms. The zero-order chi connectivity index (χ0) is 10.6. The molecule has 1 nitrogen and oxygen atoms in total. The third-order valence-corrected chi connectivity index (χ3v) is 3.97. The van der Waals surface area contributed by atoms with Crippen LogP contribution in [0.3, 0.4) is 0 Å². The van der Waals surface area contributed by atoms with Gasteiger partial charge in [-0.25, -0.2) is 0 Å². The maximum Gasteiger partial charge on any atom is 0.0411 e. The number of allylic oxidation sites excluding steroid dienone is 1. The lowest BCUT2D eigenvalue weighted by Gasteiger charge is -2.22. The smallest absolute Gasteiger partial charge is 0.0411 e. The Kier molecular flexibility index (Phi) is 1.73. The molecule has 0 radical (unpaired) electrons. The van der Waals surface area contributed by atoms with Crippen molar-refractivity contribution in [2.24, 2.45) is 0 Å². The zero-order valence-electron chi connectivity index (χ0n) is 9.62. The molecule has 0 saturated carbocycles. The molecule has 2 aliphatic rings. The molecule has 1 aliphatic heterocycles. The standard InChI is InChI=1S/C14H17N/c1-9-7-11-5-4-6-12-10(2)15(3)13(8-9)14(11)12/h4-5,7-8,10,12H,6H2,1-3H3. The van der Waals surface area contributed by atoms with E-state index in [1.54, 1.807) is 5.56 Å². The van der Waals surface area contributed by atoms with Crippen molar-refractivity contribution >= 4 is 11.8 Å². The molecule has 1 heteroatoms. The van der Waals surface area contributed by atoms with Crippen LogP contribution in [-0.2, 0) is 0 Å². The highest BCUT2D eigenvalue weighted by Gasteiger charge is 2.35. The van der Waals surface area contributed by atoms with Crippen molar-refractivity contribution < 1.29 is 0 Å². The molecule has 3 rings (SSSR count). The van der Waals surface area contributed by atoms with E-state index < -0.39 is 0 Å². The second kappa shape index (κ2) is 2.88. The first-order valence-electron chi connectivity index (χ1n) is 5.72. The van der Waals surface area contributed by atoms with E-state index in [2.05, 4.69) is 50.1 Å². The summed E-state index contributed by atoms with van der Waals surface area (Å²) in [4.78, 5) is 2.43. The summed E-state index contributed by atoms with van der Waals surface area (Å²) in [5.41, 5.74) is 5.84. The lowest BCUT2D eigenvalue weighted by Crippen LogP contribution is -2.27. The average Bonchev–Trinajstić information content (AvgIpc) is 2.46. The minimum Gasteiger partial charge on any atom is -0.371 e. The summed E-state index contributed by atoms with van der Waals surface area (Å²) in [6, 6.07) is 5.28. The Balaban J connectivity index is 2.29. The van der Waals surface area contributed by atoms with Crippen LogP contribution < -0.4 is 4.90 Å². The number of likely N-dealkylation sites (N-methyl/N-ethyl adjacent to an activating group) is 1. The van der Waals surface area contributed by atoms with Gasteiger partial charge in [0.2, 0.25) is 0 Å². The SMILES string of the molecule is Cc1cc2c3c(c1)N(C)C(C)C3CC=C2. The van der Waals surface area contributed by atoms with Gasteiger partial charge in [-0.1, -0.05) is 18.2 Å². The fourth-order valence-electron chi connectivity index (χ4n) is 3.03. The number of hydrogen-bond donors (Lipinski definition) is 0. The molecular formula is C14H17N. The molecular weight excluding hydrogens is 182 g/mol. The number of anilines is 1. The van der Waals surface area contributed by atoms with Crippen molar-refractivity contribution in [1.29, 1.82) is 0 Å². The molecule has 1 aromatic rings. The molecule has 1 aliphatic carbocycles. The summed E-state index contributed by atoms with van der Waals surface area (Å²) < 4.78 is 0. The van der Waals surface area contributed by atoms with Crippen LogP contribution >= 0.6 is 0 Å². The minimum atomic E-state index is 0.644. The molecule has 1 aromatic carbocycles. The fourth-order valence-corrected chi connectivity index (χ4v) is 3.03. The van der Waals surface area contributed by atoms with Gasteiger partial charge in [0.15, 0.2) is 0 Å². The molecule has 78 valence electrons. The van der Waals surface area contributed by atoms with Gasteiger partial charge in [0, 0.05) is 24.7 Å². The Morgan fingerprint density at radius 1 is 1.33 bits per heavy atom. The summed E-state index contributed by atoms with van der Waals surface area (Å²) in [5.74, 6) is 0.714. The van der Waals surface area contributed by atoms with Gasteiger partial charge in [-0.05, 0) is 43.0 Å². The Labute approximate surface area is 91.4 Å². The lowest BCUT2D eigenvalue weighted by atomic mass is 9.85. The Morgan fingerprint density at radius 3 is 2.93 bits per heavy atom. The molecule has 0 bridgehead atoms. The molecule has 0 aromatic heterocycles. The second-order valence-corrected chi connectivity index (χ2v) is 4.88. The minimum absolute atomic E-state index is 0.644. The van der Waals surface area contributed by atoms with E-state index in [9.17, 15) is 0 Å². The molecule has 2 unspecified atom stereocenters. The number of nitrogens with zero attached hydrogens (tertiary/aromatic N) is 1. The maximum atomic E-state index is 2.43. The average molecular weight is 199 g/mol. The highest BCUT2D eigenvalue weighted by Crippen LogP contribution is 2.46. The van der Waals surface area contributed by atoms with Crippen LogP contribution in [0.25, 0.3) is 6.08 Å². The largest absolute Gasteiger partial charge is 0.371 e. The number of rotatable bonds is 0. The third-order valence-electron chi connectivity index (χ3n) is 3.97. The van der Waals surface area contributed by atoms with Gasteiger partial charge in [0.1, 0.15) is 0 Å². The summed E-state index contributed by atoms with van der Waals surface area (Å²) in [6.07, 6.45) is 5.81. The van der Waals surface area contributed by atoms with Gasteiger partial charge in [0.25, 0.3) is 0 Å². The van der Waals surface area contributed by atoms with E-state index in [4.69, 9.17) is 0 Å². The molecule has 2 atom stereocenters. The Hall–Kier alpha value is -1.24. The molecule has 15 heavy (non-hydrogen) atoms. The summed E-state index contributed by atoms with van der Waals surface area (Å²) >= 11 is 0. The highest BCUT2D eigenvalue weighted by molar-refractivity contribution is 5.73. The first kappa shape index (κ1) is 9.02. The van der Waals surface area contributed by atoms with Crippen LogP contribution in [0.4, 0.5) is 5.69 Å². The van der Waals surface area contributed by atoms with Gasteiger partial charge < -0.3 is 4.90 Å². The van der Waals surface area contributed by atoms with Gasteiger partial charge >= 0.3 is 0 Å². The topological polar surface area (TPSA) is 3.24 Å². The summed E-state index contributed by atoms with van der Waals surface area (Å²) in [7, 11) is 2.22. The monoisotopic (exact) mass is 199 g/mol. The van der Waals surface area contributed by atoms with Crippen LogP contribution in [0.15, 0.2) is 18.2 Å². The van der Waals surface area contributed by atoms with Crippen molar-refractivity contribution in [3.8, 4) is 0 Å². The normalized spacial score (nSPS) is 27.0. The van der Waals surface area contributed by atoms with Crippen molar-refractivity contribution in [2.75, 3.05) is 11.9 Å². The number of aryl methyl sites for hydroxylation is 1. The van der Waals surface area contributed by atoms with Gasteiger partial charge in [-0.3, -0.25) is 0 Å². The van der Waals surface area contributed by atoms with Crippen LogP contribution in [0.1, 0.15) is 36.0 Å². The van der Waals surface area contributed by atoms with Gasteiger partial charge in [0.05, 0.1) is 0 Å². The Morgan fingerprint density at radius 2 is 2.13 bits per heavy atom. The lowest BCUT2D eigenvalue weighted by molar-refractivity contribution is 0.586. The molecule has 0 saturated heterocycles. The van der Waals surface area contributed by atoms with E-state index in [1.807, 2.05) is 0 Å². The first-order chi connectivity index (χ1) is 7.18. The van der Waals surface area contributed by atoms with Gasteiger partial charge in [-0.2, -0.15) is 0 Å². The van der Waals surface area contributed by atoms with Crippen LogP contribution in [0.5, 0.6) is 0 Å². The van der Waals surface area contributed by atoms with E-state index in [1.165, 1.54) is 23.2 Å². The number of hydrogen-bond acceptors (Lipinski definition) is 1. The van der Waals surface area contributed by atoms with E-state index in [-0.39, 0.29) is 0 Å². The quantitative estimate of drug-likeness (QED) is 0.619. The summed E-state index contributed by atoms with van der Waals surface area (Å²) in [6.45, 7) is 4.52. The van der Waals surface area contributed by atoms with E-state index in [0.29, 0.717) is 12.0 Å². The molecule has 0 fully saturated rings. The van der Waals surface area contributed by atoms with Crippen LogP contribution in [-0.4, -0.2) is 13.1 Å². The third kappa shape index (κ3) is 1.09. The van der Waals surface area contributed by atoms with Crippen molar-refractivity contribution in [2.45, 2.75) is 32.2 Å². The van der Waals surface area contributed by atoms with E-state index >= 15 is 0 Å². The highest BCUT2D eigenvalue weighted by atomic mass is 15.2. The summed E-state index contributed by atoms with van der Waals surface area (Å²) in [5, 5.41) is 0. The van der Waals surface area contributed by atoms with Crippen LogP contribution in [0.2, 0.25) is 0 Å². The predicted octanol–water partition coefficient (Wildman–Crippen LogP) is 3.33. The molecule has 0 amide bonds.